The summed E-state index contributed by atoms with van der Waals surface area (Å²) in [4.78, 5) is 0. The molecule has 106 valence electrons. The molecule has 1 fully saturated rings. The molecule has 3 atom stereocenters. The standard InChI is InChI=1S/C16H23F2N/c1-2-11-3-4-12(10-19)13(7-11)8-14-9-15(17)5-6-16(14)18/h5-6,9,11-13H,2-4,7-8,10,19H2,1H3. The molecule has 1 aliphatic carbocycles. The van der Waals surface area contributed by atoms with E-state index in [4.69, 9.17) is 5.73 Å². The molecule has 0 saturated heterocycles. The van der Waals surface area contributed by atoms with Crippen molar-refractivity contribution in [2.24, 2.45) is 23.5 Å². The third-order valence-corrected chi connectivity index (χ3v) is 4.62. The van der Waals surface area contributed by atoms with Crippen molar-refractivity contribution >= 4 is 0 Å². The Kier molecular flexibility index (Phi) is 4.92. The van der Waals surface area contributed by atoms with Gasteiger partial charge in [-0.05, 0) is 67.3 Å². The fraction of sp³-hybridized carbons (Fsp3) is 0.625. The van der Waals surface area contributed by atoms with Crippen LogP contribution >= 0.6 is 0 Å². The van der Waals surface area contributed by atoms with Gasteiger partial charge >= 0.3 is 0 Å². The van der Waals surface area contributed by atoms with Crippen molar-refractivity contribution < 1.29 is 8.78 Å². The van der Waals surface area contributed by atoms with E-state index in [1.807, 2.05) is 0 Å². The normalized spacial score (nSPS) is 27.5. The highest BCUT2D eigenvalue weighted by Gasteiger charge is 2.29. The Morgan fingerprint density at radius 3 is 2.68 bits per heavy atom. The lowest BCUT2D eigenvalue weighted by molar-refractivity contribution is 0.178. The second kappa shape index (κ2) is 6.47. The van der Waals surface area contributed by atoms with E-state index < -0.39 is 0 Å². The number of nitrogens with two attached hydrogens (primary N) is 1. The van der Waals surface area contributed by atoms with Gasteiger partial charge in [0.2, 0.25) is 0 Å². The van der Waals surface area contributed by atoms with Crippen LogP contribution < -0.4 is 5.73 Å². The molecule has 1 saturated carbocycles. The van der Waals surface area contributed by atoms with Crippen molar-refractivity contribution in [3.05, 3.63) is 35.4 Å². The van der Waals surface area contributed by atoms with Crippen LogP contribution in [0.3, 0.4) is 0 Å². The van der Waals surface area contributed by atoms with Gasteiger partial charge in [-0.25, -0.2) is 8.78 Å². The lowest BCUT2D eigenvalue weighted by Gasteiger charge is -2.35. The Labute approximate surface area is 114 Å². The van der Waals surface area contributed by atoms with Gasteiger partial charge in [-0.3, -0.25) is 0 Å². The molecule has 2 N–H and O–H groups in total. The van der Waals surface area contributed by atoms with Crippen LogP contribution in [0.5, 0.6) is 0 Å². The predicted octanol–water partition coefficient (Wildman–Crippen LogP) is 3.91. The molecular formula is C16H23F2N. The molecule has 0 radical (unpaired) electrons. The van der Waals surface area contributed by atoms with Crippen molar-refractivity contribution in [2.45, 2.75) is 39.0 Å². The van der Waals surface area contributed by atoms with Gasteiger partial charge in [0.15, 0.2) is 0 Å². The van der Waals surface area contributed by atoms with Gasteiger partial charge < -0.3 is 5.73 Å². The van der Waals surface area contributed by atoms with Gasteiger partial charge in [0.05, 0.1) is 0 Å². The predicted molar refractivity (Wildman–Crippen MR) is 73.7 cm³/mol. The van der Waals surface area contributed by atoms with Crippen LogP contribution in [0.4, 0.5) is 8.78 Å². The molecule has 0 aromatic heterocycles. The van der Waals surface area contributed by atoms with E-state index in [1.54, 1.807) is 0 Å². The molecular weight excluding hydrogens is 244 g/mol. The smallest absolute Gasteiger partial charge is 0.126 e. The first kappa shape index (κ1) is 14.4. The maximum atomic E-state index is 13.7. The van der Waals surface area contributed by atoms with Crippen molar-refractivity contribution in [3.8, 4) is 0 Å². The van der Waals surface area contributed by atoms with Crippen molar-refractivity contribution in [1.82, 2.24) is 0 Å². The first-order valence-electron chi connectivity index (χ1n) is 7.28. The molecule has 1 nitrogen and oxygen atoms in total. The fourth-order valence-electron chi connectivity index (χ4n) is 3.34. The summed E-state index contributed by atoms with van der Waals surface area (Å²) in [7, 11) is 0. The van der Waals surface area contributed by atoms with Crippen LogP contribution in [0.15, 0.2) is 18.2 Å². The second-order valence-corrected chi connectivity index (χ2v) is 5.78. The van der Waals surface area contributed by atoms with Crippen molar-refractivity contribution in [3.63, 3.8) is 0 Å². The minimum Gasteiger partial charge on any atom is -0.330 e. The number of benzene rings is 1. The van der Waals surface area contributed by atoms with E-state index in [-0.39, 0.29) is 11.6 Å². The Balaban J connectivity index is 2.11. The first-order valence-corrected chi connectivity index (χ1v) is 7.28. The van der Waals surface area contributed by atoms with Gasteiger partial charge in [0.25, 0.3) is 0 Å². The molecule has 1 aliphatic rings. The summed E-state index contributed by atoms with van der Waals surface area (Å²) in [5.74, 6) is 0.897. The molecule has 0 aliphatic heterocycles. The Morgan fingerprint density at radius 1 is 1.21 bits per heavy atom. The highest BCUT2D eigenvalue weighted by molar-refractivity contribution is 5.19. The summed E-state index contributed by atoms with van der Waals surface area (Å²) in [6, 6.07) is 3.73. The third kappa shape index (κ3) is 3.53. The van der Waals surface area contributed by atoms with E-state index in [2.05, 4.69) is 6.92 Å². The average molecular weight is 267 g/mol. The van der Waals surface area contributed by atoms with E-state index >= 15 is 0 Å². The molecule has 0 amide bonds. The van der Waals surface area contributed by atoms with E-state index in [1.165, 1.54) is 31.0 Å². The summed E-state index contributed by atoms with van der Waals surface area (Å²) in [5, 5.41) is 0. The van der Waals surface area contributed by atoms with Gasteiger partial charge in [-0.2, -0.15) is 0 Å². The summed E-state index contributed by atoms with van der Waals surface area (Å²) in [6.07, 6.45) is 5.22. The van der Waals surface area contributed by atoms with Crippen LogP contribution in [-0.2, 0) is 6.42 Å². The molecule has 1 aromatic rings. The Hall–Kier alpha value is -0.960. The lowest BCUT2D eigenvalue weighted by Crippen LogP contribution is -2.31. The summed E-state index contributed by atoms with van der Waals surface area (Å²) in [5.41, 5.74) is 6.33. The number of hydrogen-bond donors (Lipinski definition) is 1. The molecule has 2 rings (SSSR count). The van der Waals surface area contributed by atoms with Crippen LogP contribution in [0.1, 0.15) is 38.2 Å². The molecule has 0 spiro atoms. The Morgan fingerprint density at radius 2 is 2.00 bits per heavy atom. The van der Waals surface area contributed by atoms with Crippen molar-refractivity contribution in [1.29, 1.82) is 0 Å². The van der Waals surface area contributed by atoms with Crippen LogP contribution in [-0.4, -0.2) is 6.54 Å². The SMILES string of the molecule is CCC1CCC(CN)C(Cc2cc(F)ccc2F)C1. The molecule has 19 heavy (non-hydrogen) atoms. The summed E-state index contributed by atoms with van der Waals surface area (Å²) >= 11 is 0. The minimum absolute atomic E-state index is 0.296. The topological polar surface area (TPSA) is 26.0 Å². The third-order valence-electron chi connectivity index (χ3n) is 4.62. The number of rotatable bonds is 4. The largest absolute Gasteiger partial charge is 0.330 e. The fourth-order valence-corrected chi connectivity index (χ4v) is 3.34. The molecule has 0 heterocycles. The molecule has 1 aromatic carbocycles. The zero-order chi connectivity index (χ0) is 13.8. The van der Waals surface area contributed by atoms with Crippen LogP contribution in [0, 0.1) is 29.4 Å². The second-order valence-electron chi connectivity index (χ2n) is 5.78. The van der Waals surface area contributed by atoms with Crippen LogP contribution in [0.2, 0.25) is 0 Å². The van der Waals surface area contributed by atoms with E-state index in [9.17, 15) is 8.78 Å². The maximum Gasteiger partial charge on any atom is 0.126 e. The minimum atomic E-state index is -0.358. The number of halogens is 2. The first-order chi connectivity index (χ1) is 9.13. The van der Waals surface area contributed by atoms with Crippen LogP contribution in [0.25, 0.3) is 0 Å². The Bertz CT molecular complexity index is 419. The van der Waals surface area contributed by atoms with Gasteiger partial charge in [0.1, 0.15) is 11.6 Å². The van der Waals surface area contributed by atoms with Gasteiger partial charge in [-0.15, -0.1) is 0 Å². The molecule has 0 bridgehead atoms. The molecule has 3 heteroatoms. The molecule has 3 unspecified atom stereocenters. The lowest BCUT2D eigenvalue weighted by atomic mass is 9.71. The summed E-state index contributed by atoms with van der Waals surface area (Å²) in [6.45, 7) is 2.85. The highest BCUT2D eigenvalue weighted by atomic mass is 19.1. The maximum absolute atomic E-state index is 13.7. The number of hydrogen-bond acceptors (Lipinski definition) is 1. The highest BCUT2D eigenvalue weighted by Crippen LogP contribution is 2.37. The summed E-state index contributed by atoms with van der Waals surface area (Å²) < 4.78 is 27.0. The van der Waals surface area contributed by atoms with E-state index in [0.29, 0.717) is 36.3 Å². The van der Waals surface area contributed by atoms with Gasteiger partial charge in [0, 0.05) is 0 Å². The zero-order valence-corrected chi connectivity index (χ0v) is 11.5. The average Bonchev–Trinajstić information content (AvgIpc) is 2.42. The monoisotopic (exact) mass is 267 g/mol. The van der Waals surface area contributed by atoms with Crippen molar-refractivity contribution in [2.75, 3.05) is 6.54 Å². The quantitative estimate of drug-likeness (QED) is 0.879. The van der Waals surface area contributed by atoms with Gasteiger partial charge in [-0.1, -0.05) is 19.8 Å². The van der Waals surface area contributed by atoms with E-state index in [0.717, 1.165) is 12.8 Å². The zero-order valence-electron chi connectivity index (χ0n) is 11.5.